The second-order valence-corrected chi connectivity index (χ2v) is 6.70. The number of halogens is 3. The number of ether oxygens (including phenoxy) is 1. The van der Waals surface area contributed by atoms with Crippen molar-refractivity contribution in [2.45, 2.75) is 38.6 Å². The first kappa shape index (κ1) is 18.9. The Labute approximate surface area is 143 Å². The van der Waals surface area contributed by atoms with E-state index in [4.69, 9.17) is 4.74 Å². The molecule has 0 fully saturated rings. The van der Waals surface area contributed by atoms with Crippen molar-refractivity contribution in [3.63, 3.8) is 0 Å². The molecule has 2 rings (SSSR count). The fraction of sp³-hybridized carbons (Fsp3) is 0.500. The number of rotatable bonds is 2. The fourth-order valence-corrected chi connectivity index (χ4v) is 2.40. The van der Waals surface area contributed by atoms with Gasteiger partial charge in [0.1, 0.15) is 18.2 Å². The zero-order valence-corrected chi connectivity index (χ0v) is 14.1. The maximum atomic E-state index is 12.9. The molecule has 25 heavy (non-hydrogen) atoms. The average Bonchev–Trinajstić information content (AvgIpc) is 2.53. The monoisotopic (exact) mass is 359 g/mol. The maximum absolute atomic E-state index is 12.9. The third-order valence-corrected chi connectivity index (χ3v) is 3.28. The van der Waals surface area contributed by atoms with E-state index in [-0.39, 0.29) is 17.9 Å². The minimum absolute atomic E-state index is 0.238. The van der Waals surface area contributed by atoms with E-state index in [0.717, 1.165) is 4.90 Å². The summed E-state index contributed by atoms with van der Waals surface area (Å²) < 4.78 is 43.8. The van der Waals surface area contributed by atoms with Crippen molar-refractivity contribution in [3.05, 3.63) is 24.3 Å². The second kappa shape index (κ2) is 6.81. The van der Waals surface area contributed by atoms with Crippen LogP contribution in [0.1, 0.15) is 20.8 Å². The quantitative estimate of drug-likeness (QED) is 0.852. The first-order valence-corrected chi connectivity index (χ1v) is 7.66. The molecule has 1 heterocycles. The van der Waals surface area contributed by atoms with Crippen molar-refractivity contribution in [2.75, 3.05) is 23.3 Å². The van der Waals surface area contributed by atoms with Gasteiger partial charge in [0.2, 0.25) is 5.91 Å². The lowest BCUT2D eigenvalue weighted by Gasteiger charge is -2.28. The molecule has 0 saturated carbocycles. The summed E-state index contributed by atoms with van der Waals surface area (Å²) in [5.74, 6) is -0.608. The van der Waals surface area contributed by atoms with Gasteiger partial charge in [-0.25, -0.2) is 4.79 Å². The number of nitrogens with zero attached hydrogens (tertiary/aromatic N) is 1. The summed E-state index contributed by atoms with van der Waals surface area (Å²) in [5.41, 5.74) is -0.299. The molecule has 0 aliphatic carbocycles. The summed E-state index contributed by atoms with van der Waals surface area (Å²) in [6, 6.07) is 4.98. The maximum Gasteiger partial charge on any atom is 0.408 e. The molecule has 1 aromatic carbocycles. The van der Waals surface area contributed by atoms with Crippen molar-refractivity contribution in [1.29, 1.82) is 0 Å². The summed E-state index contributed by atoms with van der Waals surface area (Å²) in [6.45, 7) is 3.36. The minimum Gasteiger partial charge on any atom is -0.444 e. The van der Waals surface area contributed by atoms with Crippen LogP contribution in [0.3, 0.4) is 0 Å². The average molecular weight is 359 g/mol. The Morgan fingerprint density at radius 3 is 2.56 bits per heavy atom. The topological polar surface area (TPSA) is 70.7 Å². The molecule has 0 aromatic heterocycles. The molecule has 0 saturated heterocycles. The zero-order chi connectivity index (χ0) is 18.8. The summed E-state index contributed by atoms with van der Waals surface area (Å²) >= 11 is 0. The first-order chi connectivity index (χ1) is 11.4. The van der Waals surface area contributed by atoms with Crippen LogP contribution < -0.4 is 15.5 Å². The van der Waals surface area contributed by atoms with Crippen LogP contribution in [-0.4, -0.2) is 42.9 Å². The van der Waals surface area contributed by atoms with E-state index in [1.807, 2.05) is 0 Å². The Morgan fingerprint density at radius 1 is 1.32 bits per heavy atom. The number of amides is 2. The molecule has 2 N–H and O–H groups in total. The van der Waals surface area contributed by atoms with Gasteiger partial charge in [-0.3, -0.25) is 4.79 Å². The molecule has 1 aromatic rings. The zero-order valence-electron chi connectivity index (χ0n) is 14.1. The lowest BCUT2D eigenvalue weighted by molar-refractivity contribution is -0.122. The second-order valence-electron chi connectivity index (χ2n) is 6.70. The number of alkyl halides is 3. The van der Waals surface area contributed by atoms with Crippen molar-refractivity contribution in [2.24, 2.45) is 0 Å². The van der Waals surface area contributed by atoms with Crippen LogP contribution in [0.5, 0.6) is 0 Å². The van der Waals surface area contributed by atoms with E-state index < -0.39 is 36.4 Å². The lowest BCUT2D eigenvalue weighted by atomic mass is 10.2. The van der Waals surface area contributed by atoms with Crippen molar-refractivity contribution < 1.29 is 27.5 Å². The van der Waals surface area contributed by atoms with Crippen LogP contribution in [0, 0.1) is 0 Å². The van der Waals surface area contributed by atoms with Gasteiger partial charge in [0.05, 0.1) is 11.4 Å². The van der Waals surface area contributed by atoms with Gasteiger partial charge >= 0.3 is 12.3 Å². The minimum atomic E-state index is -4.46. The Kier molecular flexibility index (Phi) is 5.15. The summed E-state index contributed by atoms with van der Waals surface area (Å²) in [4.78, 5) is 25.2. The van der Waals surface area contributed by atoms with Crippen LogP contribution >= 0.6 is 0 Å². The highest BCUT2D eigenvalue weighted by molar-refractivity contribution is 6.01. The van der Waals surface area contributed by atoms with Gasteiger partial charge in [-0.15, -0.1) is 0 Å². The van der Waals surface area contributed by atoms with Crippen LogP contribution in [0.15, 0.2) is 24.3 Å². The number of carbonyl (C=O) groups excluding carboxylic acids is 2. The number of nitrogens with one attached hydrogen (secondary N) is 2. The van der Waals surface area contributed by atoms with Crippen LogP contribution in [0.4, 0.5) is 29.3 Å². The number of carbonyl (C=O) groups is 2. The highest BCUT2D eigenvalue weighted by Crippen LogP contribution is 2.31. The number of hydrogen-bond donors (Lipinski definition) is 2. The predicted octanol–water partition coefficient (Wildman–Crippen LogP) is 2.90. The molecular formula is C16H20F3N3O3. The molecule has 6 nitrogen and oxygen atoms in total. The number of benzene rings is 1. The summed E-state index contributed by atoms with van der Waals surface area (Å²) in [6.07, 6.45) is -5.33. The Bertz CT molecular complexity index is 656. The molecule has 1 aliphatic rings. The van der Waals surface area contributed by atoms with Crippen molar-refractivity contribution >= 4 is 23.4 Å². The van der Waals surface area contributed by atoms with E-state index >= 15 is 0 Å². The summed E-state index contributed by atoms with van der Waals surface area (Å²) in [5, 5.41) is 4.87. The molecule has 2 amide bonds. The Morgan fingerprint density at radius 2 is 1.96 bits per heavy atom. The van der Waals surface area contributed by atoms with E-state index in [0.29, 0.717) is 0 Å². The SMILES string of the molecule is CC(C)(C)OC(=O)NC1CN(CC(F)(F)F)c2ccccc2NC1=O. The van der Waals surface area contributed by atoms with Crippen LogP contribution in [-0.2, 0) is 9.53 Å². The predicted molar refractivity (Wildman–Crippen MR) is 86.5 cm³/mol. The molecule has 9 heteroatoms. The van der Waals surface area contributed by atoms with E-state index in [9.17, 15) is 22.8 Å². The molecule has 0 spiro atoms. The van der Waals surface area contributed by atoms with E-state index in [1.54, 1.807) is 32.9 Å². The number of para-hydroxylation sites is 2. The standard InChI is InChI=1S/C16H20F3N3O3/c1-15(2,3)25-14(24)21-11-8-22(9-16(17,18)19)12-7-5-4-6-10(12)20-13(11)23/h4-7,11H,8-9H2,1-3H3,(H,20,23)(H,21,24). The number of hydrogen-bond acceptors (Lipinski definition) is 4. The molecule has 1 unspecified atom stereocenters. The van der Waals surface area contributed by atoms with Gasteiger partial charge in [-0.05, 0) is 32.9 Å². The molecule has 0 radical (unpaired) electrons. The number of alkyl carbamates (subject to hydrolysis) is 1. The van der Waals surface area contributed by atoms with Gasteiger partial charge < -0.3 is 20.3 Å². The smallest absolute Gasteiger partial charge is 0.408 e. The van der Waals surface area contributed by atoms with Gasteiger partial charge in [0.25, 0.3) is 0 Å². The third-order valence-electron chi connectivity index (χ3n) is 3.28. The highest BCUT2D eigenvalue weighted by atomic mass is 19.4. The molecule has 0 bridgehead atoms. The highest BCUT2D eigenvalue weighted by Gasteiger charge is 2.36. The van der Waals surface area contributed by atoms with Gasteiger partial charge in [-0.2, -0.15) is 13.2 Å². The first-order valence-electron chi connectivity index (χ1n) is 7.66. The fourth-order valence-electron chi connectivity index (χ4n) is 2.40. The summed E-state index contributed by atoms with van der Waals surface area (Å²) in [7, 11) is 0. The molecule has 138 valence electrons. The molecule has 1 atom stereocenters. The van der Waals surface area contributed by atoms with Crippen molar-refractivity contribution in [1.82, 2.24) is 5.32 Å². The lowest BCUT2D eigenvalue weighted by Crippen LogP contribution is -2.51. The van der Waals surface area contributed by atoms with Crippen LogP contribution in [0.25, 0.3) is 0 Å². The van der Waals surface area contributed by atoms with Gasteiger partial charge in [0, 0.05) is 6.54 Å². The largest absolute Gasteiger partial charge is 0.444 e. The third kappa shape index (κ3) is 5.54. The number of anilines is 2. The van der Waals surface area contributed by atoms with Crippen molar-refractivity contribution in [3.8, 4) is 0 Å². The molecular weight excluding hydrogens is 339 g/mol. The van der Waals surface area contributed by atoms with Gasteiger partial charge in [0.15, 0.2) is 0 Å². The van der Waals surface area contributed by atoms with E-state index in [1.165, 1.54) is 12.1 Å². The Balaban J connectivity index is 2.24. The van der Waals surface area contributed by atoms with Crippen LogP contribution in [0.2, 0.25) is 0 Å². The van der Waals surface area contributed by atoms with Gasteiger partial charge in [-0.1, -0.05) is 12.1 Å². The van der Waals surface area contributed by atoms with E-state index in [2.05, 4.69) is 10.6 Å². The number of fused-ring (bicyclic) bond motifs is 1. The molecule has 1 aliphatic heterocycles. The normalized spacial score (nSPS) is 18.1. The Hall–Kier alpha value is -2.45.